The summed E-state index contributed by atoms with van der Waals surface area (Å²) in [5, 5.41) is 10.9. The van der Waals surface area contributed by atoms with Gasteiger partial charge in [-0.25, -0.2) is 4.79 Å². The summed E-state index contributed by atoms with van der Waals surface area (Å²) in [6.45, 7) is 0. The highest BCUT2D eigenvalue weighted by Crippen LogP contribution is 2.12. The lowest BCUT2D eigenvalue weighted by Gasteiger charge is -2.11. The van der Waals surface area contributed by atoms with Gasteiger partial charge in [-0.05, 0) is 18.2 Å². The summed E-state index contributed by atoms with van der Waals surface area (Å²) in [7, 11) is 3.26. The maximum absolute atomic E-state index is 11.7. The smallest absolute Gasteiger partial charge is 0.328 e. The van der Waals surface area contributed by atoms with Crippen molar-refractivity contribution < 1.29 is 19.5 Å². The Labute approximate surface area is 110 Å². The molecule has 0 atom stereocenters. The standard InChI is InChI=1S/C13H14N2O4/c1-15(2)13(19)9-4-3-5-10(8-9)14-11(16)6-7-12(17)18/h3-8H,1-2H3,(H,14,16)(H,17,18)/b7-6+. The predicted octanol–water partition coefficient (Wildman–Crippen LogP) is 0.968. The van der Waals surface area contributed by atoms with Gasteiger partial charge in [0.15, 0.2) is 0 Å². The lowest BCUT2D eigenvalue weighted by Crippen LogP contribution is -2.21. The molecule has 0 bridgehead atoms. The summed E-state index contributed by atoms with van der Waals surface area (Å²) in [5.74, 6) is -1.96. The minimum Gasteiger partial charge on any atom is -0.478 e. The van der Waals surface area contributed by atoms with Crippen molar-refractivity contribution in [2.45, 2.75) is 0 Å². The fourth-order valence-electron chi connectivity index (χ4n) is 1.32. The van der Waals surface area contributed by atoms with E-state index >= 15 is 0 Å². The van der Waals surface area contributed by atoms with Crippen molar-refractivity contribution in [3.63, 3.8) is 0 Å². The minimum absolute atomic E-state index is 0.183. The summed E-state index contributed by atoms with van der Waals surface area (Å²) < 4.78 is 0. The Morgan fingerprint density at radius 3 is 2.47 bits per heavy atom. The van der Waals surface area contributed by atoms with Crippen LogP contribution in [0, 0.1) is 0 Å². The Morgan fingerprint density at radius 1 is 1.21 bits per heavy atom. The number of benzene rings is 1. The van der Waals surface area contributed by atoms with Crippen molar-refractivity contribution >= 4 is 23.5 Å². The van der Waals surface area contributed by atoms with Gasteiger partial charge < -0.3 is 15.3 Å². The molecule has 0 aliphatic rings. The first kappa shape index (κ1) is 14.4. The molecule has 0 saturated heterocycles. The third kappa shape index (κ3) is 4.63. The number of carboxylic acid groups (broad SMARTS) is 1. The van der Waals surface area contributed by atoms with E-state index in [0.29, 0.717) is 11.3 Å². The fourth-order valence-corrected chi connectivity index (χ4v) is 1.32. The van der Waals surface area contributed by atoms with E-state index in [-0.39, 0.29) is 5.91 Å². The number of amides is 2. The number of carbonyl (C=O) groups excluding carboxylic acids is 2. The van der Waals surface area contributed by atoms with E-state index in [1.165, 1.54) is 11.0 Å². The van der Waals surface area contributed by atoms with E-state index < -0.39 is 11.9 Å². The van der Waals surface area contributed by atoms with Gasteiger partial charge in [0.1, 0.15) is 0 Å². The van der Waals surface area contributed by atoms with Gasteiger partial charge in [0.2, 0.25) is 5.91 Å². The molecule has 0 saturated carbocycles. The highest BCUT2D eigenvalue weighted by Gasteiger charge is 2.08. The molecule has 0 unspecified atom stereocenters. The second kappa shape index (κ2) is 6.34. The molecule has 2 amide bonds. The van der Waals surface area contributed by atoms with Crippen LogP contribution < -0.4 is 5.32 Å². The SMILES string of the molecule is CN(C)C(=O)c1cccc(NC(=O)/C=C/C(=O)O)c1. The van der Waals surface area contributed by atoms with Crippen molar-refractivity contribution in [1.82, 2.24) is 4.90 Å². The van der Waals surface area contributed by atoms with Gasteiger partial charge >= 0.3 is 5.97 Å². The highest BCUT2D eigenvalue weighted by atomic mass is 16.4. The molecule has 6 nitrogen and oxygen atoms in total. The molecule has 1 aromatic rings. The molecule has 1 rings (SSSR count). The zero-order valence-electron chi connectivity index (χ0n) is 10.6. The molecule has 6 heteroatoms. The van der Waals surface area contributed by atoms with Crippen LogP contribution in [0.2, 0.25) is 0 Å². The van der Waals surface area contributed by atoms with Gasteiger partial charge in [0, 0.05) is 37.5 Å². The third-order valence-corrected chi connectivity index (χ3v) is 2.16. The maximum Gasteiger partial charge on any atom is 0.328 e. The molecule has 0 aliphatic carbocycles. The van der Waals surface area contributed by atoms with Crippen LogP contribution in [0.5, 0.6) is 0 Å². The van der Waals surface area contributed by atoms with E-state index in [1.807, 2.05) is 0 Å². The molecule has 1 aromatic carbocycles. The first-order chi connectivity index (χ1) is 8.90. The molecule has 0 fully saturated rings. The van der Waals surface area contributed by atoms with Crippen molar-refractivity contribution in [3.05, 3.63) is 42.0 Å². The second-order valence-electron chi connectivity index (χ2n) is 3.94. The zero-order chi connectivity index (χ0) is 14.4. The van der Waals surface area contributed by atoms with Crippen LogP contribution in [-0.4, -0.2) is 41.9 Å². The van der Waals surface area contributed by atoms with Crippen molar-refractivity contribution in [1.29, 1.82) is 0 Å². The molecule has 0 aliphatic heterocycles. The molecule has 0 radical (unpaired) electrons. The third-order valence-electron chi connectivity index (χ3n) is 2.16. The number of carboxylic acids is 1. The Bertz CT molecular complexity index is 535. The number of nitrogens with zero attached hydrogens (tertiary/aromatic N) is 1. The van der Waals surface area contributed by atoms with E-state index in [1.54, 1.807) is 32.3 Å². The maximum atomic E-state index is 11.7. The van der Waals surface area contributed by atoms with Gasteiger partial charge in [-0.15, -0.1) is 0 Å². The average Bonchev–Trinajstić information content (AvgIpc) is 2.35. The van der Waals surface area contributed by atoms with E-state index in [9.17, 15) is 14.4 Å². The monoisotopic (exact) mass is 262 g/mol. The number of hydrogen-bond donors (Lipinski definition) is 2. The molecule has 100 valence electrons. The normalized spacial score (nSPS) is 10.2. The van der Waals surface area contributed by atoms with Crippen molar-refractivity contribution in [2.75, 3.05) is 19.4 Å². The fraction of sp³-hybridized carbons (Fsp3) is 0.154. The lowest BCUT2D eigenvalue weighted by molar-refractivity contribution is -0.131. The summed E-state index contributed by atoms with van der Waals surface area (Å²) in [4.78, 5) is 34.8. The first-order valence-corrected chi connectivity index (χ1v) is 5.44. The molecule has 0 heterocycles. The van der Waals surface area contributed by atoms with E-state index in [2.05, 4.69) is 5.32 Å². The zero-order valence-corrected chi connectivity index (χ0v) is 10.6. The quantitative estimate of drug-likeness (QED) is 0.791. The number of hydrogen-bond acceptors (Lipinski definition) is 3. The van der Waals surface area contributed by atoms with Crippen LogP contribution >= 0.6 is 0 Å². The number of carbonyl (C=O) groups is 3. The van der Waals surface area contributed by atoms with Crippen LogP contribution in [0.15, 0.2) is 36.4 Å². The summed E-state index contributed by atoms with van der Waals surface area (Å²) in [6.07, 6.45) is 1.65. The number of rotatable bonds is 4. The van der Waals surface area contributed by atoms with Crippen LogP contribution in [0.3, 0.4) is 0 Å². The first-order valence-electron chi connectivity index (χ1n) is 5.44. The average molecular weight is 262 g/mol. The van der Waals surface area contributed by atoms with Crippen molar-refractivity contribution in [3.8, 4) is 0 Å². The second-order valence-corrected chi connectivity index (χ2v) is 3.94. The minimum atomic E-state index is -1.20. The predicted molar refractivity (Wildman–Crippen MR) is 69.9 cm³/mol. The topological polar surface area (TPSA) is 86.7 Å². The van der Waals surface area contributed by atoms with E-state index in [0.717, 1.165) is 12.2 Å². The Morgan fingerprint density at radius 2 is 1.89 bits per heavy atom. The summed E-state index contributed by atoms with van der Waals surface area (Å²) >= 11 is 0. The van der Waals surface area contributed by atoms with Crippen LogP contribution in [0.1, 0.15) is 10.4 Å². The lowest BCUT2D eigenvalue weighted by atomic mass is 10.2. The van der Waals surface area contributed by atoms with Crippen LogP contribution in [0.4, 0.5) is 5.69 Å². The molecular formula is C13H14N2O4. The van der Waals surface area contributed by atoms with Gasteiger partial charge in [0.05, 0.1) is 0 Å². The molecule has 2 N–H and O–H groups in total. The number of nitrogens with one attached hydrogen (secondary N) is 1. The van der Waals surface area contributed by atoms with Gasteiger partial charge in [-0.1, -0.05) is 6.07 Å². The van der Waals surface area contributed by atoms with E-state index in [4.69, 9.17) is 5.11 Å². The highest BCUT2D eigenvalue weighted by molar-refractivity contribution is 6.03. The Kier molecular flexibility index (Phi) is 4.82. The van der Waals surface area contributed by atoms with Gasteiger partial charge in [0.25, 0.3) is 5.91 Å². The van der Waals surface area contributed by atoms with Gasteiger partial charge in [-0.3, -0.25) is 9.59 Å². The Balaban J connectivity index is 2.80. The molecular weight excluding hydrogens is 248 g/mol. The number of anilines is 1. The molecule has 19 heavy (non-hydrogen) atoms. The summed E-state index contributed by atoms with van der Waals surface area (Å²) in [5.41, 5.74) is 0.859. The summed E-state index contributed by atoms with van der Waals surface area (Å²) in [6, 6.07) is 6.39. The van der Waals surface area contributed by atoms with Gasteiger partial charge in [-0.2, -0.15) is 0 Å². The Hall–Kier alpha value is -2.63. The van der Waals surface area contributed by atoms with Crippen LogP contribution in [-0.2, 0) is 9.59 Å². The van der Waals surface area contributed by atoms with Crippen LogP contribution in [0.25, 0.3) is 0 Å². The van der Waals surface area contributed by atoms with Crippen molar-refractivity contribution in [2.24, 2.45) is 0 Å². The largest absolute Gasteiger partial charge is 0.478 e. The molecule has 0 aromatic heterocycles. The molecule has 0 spiro atoms. The number of aliphatic carboxylic acids is 1.